The van der Waals surface area contributed by atoms with Crippen LogP contribution in [0.4, 0.5) is 4.39 Å². The summed E-state index contributed by atoms with van der Waals surface area (Å²) in [5.41, 5.74) is 2.96. The van der Waals surface area contributed by atoms with E-state index >= 15 is 0 Å². The number of carbonyl (C=O) groups excluding carboxylic acids is 1. The van der Waals surface area contributed by atoms with Gasteiger partial charge in [-0.25, -0.2) is 9.07 Å². The van der Waals surface area contributed by atoms with Gasteiger partial charge in [-0.2, -0.15) is 5.10 Å². The van der Waals surface area contributed by atoms with E-state index in [4.69, 9.17) is 4.74 Å². The summed E-state index contributed by atoms with van der Waals surface area (Å²) in [4.78, 5) is 15.9. The number of rotatable bonds is 4. The number of carbonyl (C=O) groups is 1. The summed E-state index contributed by atoms with van der Waals surface area (Å²) in [6.07, 6.45) is 3.47. The molecule has 0 N–H and O–H groups in total. The molecule has 0 spiro atoms. The van der Waals surface area contributed by atoms with Crippen LogP contribution >= 0.6 is 11.8 Å². The maximum absolute atomic E-state index is 14.6. The molecule has 2 aliphatic heterocycles. The van der Waals surface area contributed by atoms with E-state index in [-0.39, 0.29) is 5.91 Å². The third-order valence-electron chi connectivity index (χ3n) is 4.85. The number of hydrogen-bond acceptors (Lipinski definition) is 4. The van der Waals surface area contributed by atoms with Gasteiger partial charge in [0.2, 0.25) is 0 Å². The highest BCUT2D eigenvalue weighted by Gasteiger charge is 2.32. The second-order valence-electron chi connectivity index (χ2n) is 6.42. The first-order valence-corrected chi connectivity index (χ1v) is 10.0. The molecule has 7 heteroatoms. The molecular formula is C21H20FN3O2S. The van der Waals surface area contributed by atoms with Crippen molar-refractivity contribution < 1.29 is 13.9 Å². The Morgan fingerprint density at radius 3 is 2.64 bits per heavy atom. The molecule has 5 nitrogen and oxygen atoms in total. The fraction of sp³-hybridized carbons (Fsp3) is 0.238. The molecule has 0 saturated carbocycles. The summed E-state index contributed by atoms with van der Waals surface area (Å²) in [6, 6.07) is 6.42. The molecule has 144 valence electrons. The summed E-state index contributed by atoms with van der Waals surface area (Å²) in [6.45, 7) is 9.85. The van der Waals surface area contributed by atoms with Crippen LogP contribution in [0.25, 0.3) is 11.3 Å². The first-order valence-electron chi connectivity index (χ1n) is 9.01. The lowest BCUT2D eigenvalue weighted by Gasteiger charge is -2.26. The Morgan fingerprint density at radius 1 is 1.21 bits per heavy atom. The van der Waals surface area contributed by atoms with Gasteiger partial charge in [-0.3, -0.25) is 4.79 Å². The lowest BCUT2D eigenvalue weighted by atomic mass is 10.0. The van der Waals surface area contributed by atoms with Crippen LogP contribution < -0.4 is 0 Å². The highest BCUT2D eigenvalue weighted by Crippen LogP contribution is 2.41. The molecule has 1 aromatic carbocycles. The standard InChI is InChI=1S/C21H20FN3O2S/c1-3-14-18(4-2)28-13-15-19(21(26)24-9-11-27-12-10-24)23-25(20(14)15)17-8-6-5-7-16(17)22/h3-8H,1-2,9-13H2. The summed E-state index contributed by atoms with van der Waals surface area (Å²) >= 11 is 1.58. The van der Waals surface area contributed by atoms with Crippen LogP contribution in [-0.2, 0) is 10.5 Å². The van der Waals surface area contributed by atoms with Crippen molar-refractivity contribution in [1.29, 1.82) is 0 Å². The van der Waals surface area contributed by atoms with Gasteiger partial charge >= 0.3 is 0 Å². The fourth-order valence-corrected chi connectivity index (χ4v) is 4.49. The molecule has 1 saturated heterocycles. The van der Waals surface area contributed by atoms with E-state index in [1.807, 2.05) is 0 Å². The van der Waals surface area contributed by atoms with Gasteiger partial charge in [-0.05, 0) is 12.1 Å². The number of ether oxygens (including phenoxy) is 1. The van der Waals surface area contributed by atoms with E-state index in [1.54, 1.807) is 47.0 Å². The quantitative estimate of drug-likeness (QED) is 0.787. The molecule has 3 heterocycles. The van der Waals surface area contributed by atoms with Gasteiger partial charge in [0.25, 0.3) is 5.91 Å². The maximum Gasteiger partial charge on any atom is 0.274 e. The molecule has 0 unspecified atom stereocenters. The number of para-hydroxylation sites is 1. The molecule has 4 rings (SSSR count). The number of allylic oxidation sites excluding steroid dienone is 3. The summed E-state index contributed by atoms with van der Waals surface area (Å²) in [5.74, 6) is 0.00845. The van der Waals surface area contributed by atoms with Crippen LogP contribution in [0.3, 0.4) is 0 Å². The number of amides is 1. The van der Waals surface area contributed by atoms with Gasteiger partial charge in [0.1, 0.15) is 11.5 Å². The van der Waals surface area contributed by atoms with E-state index in [2.05, 4.69) is 18.3 Å². The van der Waals surface area contributed by atoms with Crippen molar-refractivity contribution in [2.45, 2.75) is 5.75 Å². The van der Waals surface area contributed by atoms with Gasteiger partial charge in [0, 0.05) is 34.9 Å². The first kappa shape index (κ1) is 18.7. The number of benzene rings is 1. The normalized spacial score (nSPS) is 16.7. The minimum atomic E-state index is -0.403. The van der Waals surface area contributed by atoms with Gasteiger partial charge in [0.05, 0.1) is 18.9 Å². The van der Waals surface area contributed by atoms with E-state index in [9.17, 15) is 9.18 Å². The van der Waals surface area contributed by atoms with Crippen molar-refractivity contribution in [3.63, 3.8) is 0 Å². The van der Waals surface area contributed by atoms with Crippen molar-refractivity contribution in [3.8, 4) is 5.69 Å². The minimum absolute atomic E-state index is 0.152. The van der Waals surface area contributed by atoms with E-state index in [0.29, 0.717) is 49.1 Å². The largest absolute Gasteiger partial charge is 0.378 e. The average Bonchev–Trinajstić information content (AvgIpc) is 3.13. The van der Waals surface area contributed by atoms with Gasteiger partial charge in [0.15, 0.2) is 5.69 Å². The third kappa shape index (κ3) is 3.10. The highest BCUT2D eigenvalue weighted by atomic mass is 32.2. The average molecular weight is 397 g/mol. The Labute approximate surface area is 167 Å². The lowest BCUT2D eigenvalue weighted by Crippen LogP contribution is -2.41. The second-order valence-corrected chi connectivity index (χ2v) is 7.44. The number of hydrogen-bond donors (Lipinski definition) is 0. The molecule has 1 fully saturated rings. The van der Waals surface area contributed by atoms with Crippen LogP contribution in [-0.4, -0.2) is 46.9 Å². The van der Waals surface area contributed by atoms with Crippen LogP contribution in [0.15, 0.2) is 54.5 Å². The summed E-state index contributed by atoms with van der Waals surface area (Å²) in [5, 5.41) is 4.58. The van der Waals surface area contributed by atoms with Crippen molar-refractivity contribution in [3.05, 3.63) is 77.2 Å². The smallest absolute Gasteiger partial charge is 0.274 e. The Hall–Kier alpha value is -2.64. The molecular weight excluding hydrogens is 377 g/mol. The molecule has 2 aromatic rings. The Kier molecular flexibility index (Phi) is 5.19. The van der Waals surface area contributed by atoms with Gasteiger partial charge in [-0.1, -0.05) is 37.4 Å². The first-order chi connectivity index (χ1) is 13.7. The van der Waals surface area contributed by atoms with Gasteiger partial charge in [-0.15, -0.1) is 11.8 Å². The number of fused-ring (bicyclic) bond motifs is 1. The van der Waals surface area contributed by atoms with E-state index < -0.39 is 5.82 Å². The monoisotopic (exact) mass is 397 g/mol. The number of aromatic nitrogens is 2. The second kappa shape index (κ2) is 7.77. The number of thioether (sulfide) groups is 1. The Morgan fingerprint density at radius 2 is 1.96 bits per heavy atom. The fourth-order valence-electron chi connectivity index (χ4n) is 3.46. The number of nitrogens with zero attached hydrogens (tertiary/aromatic N) is 3. The van der Waals surface area contributed by atoms with Crippen LogP contribution in [0.2, 0.25) is 0 Å². The van der Waals surface area contributed by atoms with E-state index in [0.717, 1.165) is 16.0 Å². The SMILES string of the molecule is C=CC1=C(C=C)c2c(c(C(=O)N3CCOCC3)nn2-c2ccccc2F)CS1. The highest BCUT2D eigenvalue weighted by molar-refractivity contribution is 8.02. The third-order valence-corrected chi connectivity index (χ3v) is 5.98. The predicted octanol–water partition coefficient (Wildman–Crippen LogP) is 3.81. The van der Waals surface area contributed by atoms with Crippen molar-refractivity contribution >= 4 is 23.2 Å². The zero-order valence-electron chi connectivity index (χ0n) is 15.4. The van der Waals surface area contributed by atoms with Gasteiger partial charge < -0.3 is 9.64 Å². The Balaban J connectivity index is 1.92. The molecule has 2 aliphatic rings. The topological polar surface area (TPSA) is 47.4 Å². The molecule has 0 aliphatic carbocycles. The molecule has 1 aromatic heterocycles. The lowest BCUT2D eigenvalue weighted by molar-refractivity contribution is 0.0298. The van der Waals surface area contributed by atoms with Crippen LogP contribution in [0, 0.1) is 5.82 Å². The number of morpholine rings is 1. The molecule has 1 amide bonds. The molecule has 28 heavy (non-hydrogen) atoms. The summed E-state index contributed by atoms with van der Waals surface area (Å²) in [7, 11) is 0. The molecule has 0 radical (unpaired) electrons. The van der Waals surface area contributed by atoms with Crippen LogP contribution in [0.1, 0.15) is 21.7 Å². The van der Waals surface area contributed by atoms with Crippen molar-refractivity contribution in [2.24, 2.45) is 0 Å². The van der Waals surface area contributed by atoms with E-state index in [1.165, 1.54) is 10.7 Å². The number of halogens is 1. The van der Waals surface area contributed by atoms with Crippen molar-refractivity contribution in [1.82, 2.24) is 14.7 Å². The van der Waals surface area contributed by atoms with Crippen molar-refractivity contribution in [2.75, 3.05) is 26.3 Å². The predicted molar refractivity (Wildman–Crippen MR) is 109 cm³/mol. The maximum atomic E-state index is 14.6. The Bertz CT molecular complexity index is 990. The van der Waals surface area contributed by atoms with Crippen LogP contribution in [0.5, 0.6) is 0 Å². The zero-order chi connectivity index (χ0) is 19.7. The molecule has 0 atom stereocenters. The summed E-state index contributed by atoms with van der Waals surface area (Å²) < 4.78 is 21.5. The molecule has 0 bridgehead atoms. The minimum Gasteiger partial charge on any atom is -0.378 e. The zero-order valence-corrected chi connectivity index (χ0v) is 16.2.